The summed E-state index contributed by atoms with van der Waals surface area (Å²) in [7, 11) is -3.61. The van der Waals surface area contributed by atoms with Gasteiger partial charge in [0.15, 0.2) is 0 Å². The Hall–Kier alpha value is -1.93. The van der Waals surface area contributed by atoms with E-state index in [-0.39, 0.29) is 22.3 Å². The second kappa shape index (κ2) is 7.31. The summed E-state index contributed by atoms with van der Waals surface area (Å²) in [4.78, 5) is 23.4. The molecule has 0 saturated heterocycles. The van der Waals surface area contributed by atoms with Gasteiger partial charge in [0.1, 0.15) is 6.04 Å². The lowest BCUT2D eigenvalue weighted by Gasteiger charge is -2.14. The van der Waals surface area contributed by atoms with Gasteiger partial charge < -0.3 is 10.4 Å². The molecule has 132 valence electrons. The van der Waals surface area contributed by atoms with Crippen LogP contribution >= 0.6 is 0 Å². The topological polar surface area (TPSA) is 113 Å². The zero-order chi connectivity index (χ0) is 17.9. The van der Waals surface area contributed by atoms with Gasteiger partial charge in [-0.25, -0.2) is 17.9 Å². The summed E-state index contributed by atoms with van der Waals surface area (Å²) < 4.78 is 26.7. The number of sulfonamides is 1. The number of hydrogen-bond donors (Lipinski definition) is 3. The van der Waals surface area contributed by atoms with E-state index in [0.29, 0.717) is 6.54 Å². The van der Waals surface area contributed by atoms with E-state index in [1.165, 1.54) is 24.3 Å². The number of hydrogen-bond acceptors (Lipinski definition) is 4. The van der Waals surface area contributed by atoms with Crippen LogP contribution in [0.2, 0.25) is 0 Å². The fourth-order valence-electron chi connectivity index (χ4n) is 2.18. The Kier molecular flexibility index (Phi) is 5.61. The summed E-state index contributed by atoms with van der Waals surface area (Å²) in [6.07, 6.45) is 1.58. The van der Waals surface area contributed by atoms with Crippen LogP contribution in [0.3, 0.4) is 0 Å². The van der Waals surface area contributed by atoms with Gasteiger partial charge in [-0.1, -0.05) is 13.8 Å². The van der Waals surface area contributed by atoms with E-state index in [1.54, 1.807) is 0 Å². The van der Waals surface area contributed by atoms with Crippen LogP contribution in [-0.2, 0) is 14.8 Å². The molecule has 0 radical (unpaired) electrons. The first-order valence-electron chi connectivity index (χ1n) is 7.84. The maximum atomic E-state index is 12.1. The summed E-state index contributed by atoms with van der Waals surface area (Å²) in [6, 6.07) is 4.54. The molecule has 0 aliphatic heterocycles. The molecular weight excluding hydrogens is 332 g/mol. The maximum absolute atomic E-state index is 12.1. The molecule has 1 fully saturated rings. The Morgan fingerprint density at radius 1 is 1.21 bits per heavy atom. The molecule has 3 N–H and O–H groups in total. The number of aliphatic carboxylic acids is 1. The van der Waals surface area contributed by atoms with Crippen LogP contribution in [0.1, 0.15) is 37.0 Å². The monoisotopic (exact) mass is 354 g/mol. The lowest BCUT2D eigenvalue weighted by Crippen LogP contribution is -2.42. The average Bonchev–Trinajstić information content (AvgIpc) is 3.35. The van der Waals surface area contributed by atoms with Gasteiger partial charge in [-0.15, -0.1) is 0 Å². The largest absolute Gasteiger partial charge is 0.480 e. The third-order valence-electron chi connectivity index (χ3n) is 3.75. The van der Waals surface area contributed by atoms with Crippen molar-refractivity contribution in [3.8, 4) is 0 Å². The fourth-order valence-corrected chi connectivity index (χ4v) is 3.39. The number of benzene rings is 1. The SMILES string of the molecule is CC(C)CNS(=O)(=O)c1ccc(C(=O)NC(C(=O)O)C2CC2)cc1. The Morgan fingerprint density at radius 2 is 1.79 bits per heavy atom. The highest BCUT2D eigenvalue weighted by Crippen LogP contribution is 2.32. The van der Waals surface area contributed by atoms with Gasteiger partial charge in [-0.2, -0.15) is 0 Å². The number of carbonyl (C=O) groups excluding carboxylic acids is 1. The normalized spacial score (nSPS) is 16.0. The molecule has 8 heteroatoms. The molecule has 1 aromatic carbocycles. The van der Waals surface area contributed by atoms with Gasteiger partial charge in [0, 0.05) is 12.1 Å². The van der Waals surface area contributed by atoms with Gasteiger partial charge in [-0.3, -0.25) is 4.79 Å². The van der Waals surface area contributed by atoms with E-state index in [4.69, 9.17) is 5.11 Å². The van der Waals surface area contributed by atoms with E-state index < -0.39 is 27.9 Å². The average molecular weight is 354 g/mol. The molecule has 1 aliphatic rings. The standard InChI is InChI=1S/C16H22N2O5S/c1-10(2)9-17-24(22,23)13-7-5-12(6-8-13)15(19)18-14(16(20)21)11-3-4-11/h5-8,10-11,14,17H,3-4,9H2,1-2H3,(H,18,19)(H,20,21). The molecule has 1 aliphatic carbocycles. The van der Waals surface area contributed by atoms with Crippen molar-refractivity contribution in [3.63, 3.8) is 0 Å². The van der Waals surface area contributed by atoms with Crippen molar-refractivity contribution in [3.05, 3.63) is 29.8 Å². The minimum Gasteiger partial charge on any atom is -0.480 e. The zero-order valence-corrected chi connectivity index (χ0v) is 14.5. The molecule has 1 unspecified atom stereocenters. The molecule has 1 aromatic rings. The first-order chi connectivity index (χ1) is 11.2. The molecule has 1 amide bonds. The number of carbonyl (C=O) groups is 2. The first kappa shape index (κ1) is 18.4. The third-order valence-corrected chi connectivity index (χ3v) is 5.19. The molecule has 0 aromatic heterocycles. The molecule has 0 spiro atoms. The highest BCUT2D eigenvalue weighted by atomic mass is 32.2. The molecule has 0 bridgehead atoms. The van der Waals surface area contributed by atoms with Crippen molar-refractivity contribution in [2.45, 2.75) is 37.6 Å². The Balaban J connectivity index is 2.05. The number of amides is 1. The van der Waals surface area contributed by atoms with E-state index >= 15 is 0 Å². The molecule has 7 nitrogen and oxygen atoms in total. The van der Waals surface area contributed by atoms with E-state index in [1.807, 2.05) is 13.8 Å². The van der Waals surface area contributed by atoms with E-state index in [0.717, 1.165) is 12.8 Å². The summed E-state index contributed by atoms with van der Waals surface area (Å²) in [5.41, 5.74) is 0.227. The van der Waals surface area contributed by atoms with Crippen LogP contribution in [0, 0.1) is 11.8 Å². The van der Waals surface area contributed by atoms with Crippen molar-refractivity contribution in [2.24, 2.45) is 11.8 Å². The second-order valence-electron chi connectivity index (χ2n) is 6.40. The molecule has 1 saturated carbocycles. The number of nitrogens with one attached hydrogen (secondary N) is 2. The third kappa shape index (κ3) is 4.78. The molecule has 24 heavy (non-hydrogen) atoms. The lowest BCUT2D eigenvalue weighted by atomic mass is 10.1. The van der Waals surface area contributed by atoms with Crippen molar-refractivity contribution in [1.29, 1.82) is 0 Å². The second-order valence-corrected chi connectivity index (χ2v) is 8.16. The van der Waals surface area contributed by atoms with Crippen molar-refractivity contribution in [1.82, 2.24) is 10.0 Å². The van der Waals surface area contributed by atoms with Gasteiger partial charge in [0.25, 0.3) is 5.91 Å². The highest BCUT2D eigenvalue weighted by molar-refractivity contribution is 7.89. The lowest BCUT2D eigenvalue weighted by molar-refractivity contribution is -0.139. The number of rotatable bonds is 8. The first-order valence-corrected chi connectivity index (χ1v) is 9.32. The summed E-state index contributed by atoms with van der Waals surface area (Å²) in [6.45, 7) is 4.12. The van der Waals surface area contributed by atoms with Gasteiger partial charge in [0.2, 0.25) is 10.0 Å². The van der Waals surface area contributed by atoms with Crippen molar-refractivity contribution >= 4 is 21.9 Å². The maximum Gasteiger partial charge on any atom is 0.326 e. The predicted molar refractivity (Wildman–Crippen MR) is 88.1 cm³/mol. The summed E-state index contributed by atoms with van der Waals surface area (Å²) in [5, 5.41) is 11.6. The van der Waals surface area contributed by atoms with Crippen molar-refractivity contribution in [2.75, 3.05) is 6.54 Å². The fraction of sp³-hybridized carbons (Fsp3) is 0.500. The molecule has 2 rings (SSSR count). The Labute approximate surface area is 141 Å². The van der Waals surface area contributed by atoms with Crippen LogP contribution in [0.15, 0.2) is 29.2 Å². The van der Waals surface area contributed by atoms with Crippen LogP contribution in [-0.4, -0.2) is 38.0 Å². The molecular formula is C16H22N2O5S. The number of carboxylic acids is 1. The smallest absolute Gasteiger partial charge is 0.326 e. The summed E-state index contributed by atoms with van der Waals surface area (Å²) >= 11 is 0. The molecule has 1 atom stereocenters. The van der Waals surface area contributed by atoms with Gasteiger partial charge >= 0.3 is 5.97 Å². The Bertz CT molecular complexity index is 708. The zero-order valence-electron chi connectivity index (χ0n) is 13.7. The van der Waals surface area contributed by atoms with Crippen LogP contribution in [0.4, 0.5) is 0 Å². The molecule has 0 heterocycles. The quantitative estimate of drug-likeness (QED) is 0.650. The minimum absolute atomic E-state index is 0.0219. The summed E-state index contributed by atoms with van der Waals surface area (Å²) in [5.74, 6) is -1.41. The van der Waals surface area contributed by atoms with E-state index in [9.17, 15) is 18.0 Å². The van der Waals surface area contributed by atoms with Gasteiger partial charge in [0.05, 0.1) is 4.90 Å². The van der Waals surface area contributed by atoms with Crippen LogP contribution in [0.5, 0.6) is 0 Å². The Morgan fingerprint density at radius 3 is 2.25 bits per heavy atom. The van der Waals surface area contributed by atoms with Gasteiger partial charge in [-0.05, 0) is 48.9 Å². The van der Waals surface area contributed by atoms with Crippen molar-refractivity contribution < 1.29 is 23.1 Å². The number of carboxylic acid groups (broad SMARTS) is 1. The van der Waals surface area contributed by atoms with E-state index in [2.05, 4.69) is 10.0 Å². The highest BCUT2D eigenvalue weighted by Gasteiger charge is 2.37. The predicted octanol–water partition coefficient (Wildman–Crippen LogP) is 1.21. The van der Waals surface area contributed by atoms with Crippen LogP contribution < -0.4 is 10.0 Å². The minimum atomic E-state index is -3.61. The van der Waals surface area contributed by atoms with Crippen LogP contribution in [0.25, 0.3) is 0 Å².